The summed E-state index contributed by atoms with van der Waals surface area (Å²) in [6.45, 7) is 7.29. The van der Waals surface area contributed by atoms with E-state index in [1.807, 2.05) is 97.1 Å². The number of ether oxygens (including phenoxy) is 3. The molecule has 8 aromatic rings. The van der Waals surface area contributed by atoms with Gasteiger partial charge in [-0.25, -0.2) is 0 Å². The van der Waals surface area contributed by atoms with E-state index in [0.717, 1.165) is 65.3 Å². The highest BCUT2D eigenvalue weighted by molar-refractivity contribution is 7.99. The molecule has 22 nitrogen and oxygen atoms in total. The van der Waals surface area contributed by atoms with Crippen molar-refractivity contribution in [2.45, 2.75) is 85.0 Å². The van der Waals surface area contributed by atoms with Crippen LogP contribution in [0, 0.1) is 5.41 Å². The average Bonchev–Trinajstić information content (AvgIpc) is 3.31. The molecule has 0 aliphatic carbocycles. The fourth-order valence-electron chi connectivity index (χ4n) is 8.19. The largest absolute Gasteiger partial charge is 0.465 e. The van der Waals surface area contributed by atoms with Crippen LogP contribution in [0.2, 0.25) is 0 Å². The first-order valence-corrected chi connectivity index (χ1v) is 33.4. The van der Waals surface area contributed by atoms with Crippen LogP contribution in [0.4, 0.5) is 20.5 Å². The van der Waals surface area contributed by atoms with E-state index in [2.05, 4.69) is 56.7 Å². The molecule has 0 fully saturated rings. The number of hydrogen-bond acceptors (Lipinski definition) is 24. The third-order valence-corrected chi connectivity index (χ3v) is 18.4. The topological polar surface area (TPSA) is 290 Å². The Kier molecular flexibility index (Phi) is 24.7. The van der Waals surface area contributed by atoms with Crippen molar-refractivity contribution in [3.63, 3.8) is 0 Å². The van der Waals surface area contributed by atoms with Gasteiger partial charge in [0.1, 0.15) is 33.2 Å². The lowest BCUT2D eigenvalue weighted by atomic mass is 9.95. The molecule has 0 bridgehead atoms. The van der Waals surface area contributed by atoms with Gasteiger partial charge < -0.3 is 19.5 Å². The fourth-order valence-corrected chi connectivity index (χ4v) is 13.5. The highest BCUT2D eigenvalue weighted by Crippen LogP contribution is 2.29. The Labute approximate surface area is 532 Å². The number of benzene rings is 4. The van der Waals surface area contributed by atoms with E-state index in [4.69, 9.17) is 14.2 Å². The van der Waals surface area contributed by atoms with Gasteiger partial charge in [0.15, 0.2) is 6.73 Å². The van der Waals surface area contributed by atoms with Crippen LogP contribution in [0.1, 0.15) is 88.7 Å². The summed E-state index contributed by atoms with van der Waals surface area (Å²) in [6, 6.07) is 33.4. The second-order valence-electron chi connectivity index (χ2n) is 20.6. The number of esters is 3. The van der Waals surface area contributed by atoms with Gasteiger partial charge in [-0.3, -0.25) is 49.1 Å². The molecule has 8 rings (SSSR count). The van der Waals surface area contributed by atoms with E-state index >= 15 is 0 Å². The number of carbonyl (C=O) groups is 7. The average molecular weight is 1310 g/mol. The van der Waals surface area contributed by atoms with Crippen LogP contribution in [-0.2, 0) is 86.3 Å². The number of aryl methyl sites for hydroxylation is 4. The second-order valence-corrected chi connectivity index (χ2v) is 27.3. The third-order valence-electron chi connectivity index (χ3n) is 12.8. The van der Waals surface area contributed by atoms with Gasteiger partial charge in [-0.05, 0) is 77.2 Å². The smallest absolute Gasteiger partial charge is 0.312 e. The summed E-state index contributed by atoms with van der Waals surface area (Å²) in [7, 11) is 0. The zero-order valence-corrected chi connectivity index (χ0v) is 53.7. The number of hydrogen-bond donors (Lipinski definition) is 3. The van der Waals surface area contributed by atoms with Crippen LogP contribution < -0.4 is 20.9 Å². The number of nitrogens with zero attached hydrogens (tertiary/aromatic N) is 9. The van der Waals surface area contributed by atoms with Gasteiger partial charge in [0.05, 0.1) is 30.1 Å². The van der Waals surface area contributed by atoms with E-state index in [-0.39, 0.29) is 50.5 Å². The molecule has 0 aliphatic rings. The first kappa shape index (κ1) is 66.1. The zero-order chi connectivity index (χ0) is 62.4. The van der Waals surface area contributed by atoms with Crippen molar-refractivity contribution >= 4 is 131 Å². The van der Waals surface area contributed by atoms with Crippen molar-refractivity contribution in [3.8, 4) is 11.1 Å². The van der Waals surface area contributed by atoms with Crippen LogP contribution in [0.15, 0.2) is 109 Å². The van der Waals surface area contributed by atoms with E-state index in [0.29, 0.717) is 57.3 Å². The fraction of sp³-hybridized carbons (Fsp3) is 0.350. The zero-order valence-electron chi connectivity index (χ0n) is 48.8. The molecule has 3 N–H and O–H groups in total. The first-order chi connectivity index (χ1) is 42.4. The van der Waals surface area contributed by atoms with Crippen molar-refractivity contribution in [3.05, 3.63) is 151 Å². The maximum atomic E-state index is 13.8. The minimum Gasteiger partial charge on any atom is -0.465 e. The van der Waals surface area contributed by atoms with Gasteiger partial charge in [0.2, 0.25) is 44.2 Å². The number of thioether (sulfide) groups is 2. The van der Waals surface area contributed by atoms with E-state index in [1.165, 1.54) is 64.1 Å². The van der Waals surface area contributed by atoms with E-state index in [1.54, 1.807) is 56.4 Å². The van der Waals surface area contributed by atoms with Crippen LogP contribution in [0.3, 0.4) is 0 Å². The molecule has 28 heteroatoms. The van der Waals surface area contributed by atoms with Gasteiger partial charge in [0, 0.05) is 39.5 Å². The summed E-state index contributed by atoms with van der Waals surface area (Å²) in [5, 5.41) is 46.9. The van der Waals surface area contributed by atoms with Crippen molar-refractivity contribution in [1.29, 1.82) is 0 Å². The molecule has 4 heterocycles. The third kappa shape index (κ3) is 20.9. The molecule has 2 unspecified atom stereocenters. The Balaban J connectivity index is 0.751. The van der Waals surface area contributed by atoms with Crippen LogP contribution in [0.25, 0.3) is 11.1 Å². The lowest BCUT2D eigenvalue weighted by Gasteiger charge is -2.22. The maximum Gasteiger partial charge on any atom is 0.312 e. The SMILES string of the molecule is CC(=O)OCC(C(=O)Nc1nnc(CCSCCc2nnc(NC(=O)C(COC(C)=O)c3ccc(-c4cccc(CC(=O)Nc5nnc(CCSCCc6nnc(N(COC(=O)C(C)(C)C)C(=O)Cc7ccccc7)s6)s5)c4)cc3)s2)s1)c1ccccc1. The normalized spacial score (nSPS) is 11.9. The van der Waals surface area contributed by atoms with Crippen molar-refractivity contribution < 1.29 is 47.8 Å². The number of rotatable bonds is 31. The van der Waals surface area contributed by atoms with Crippen LogP contribution >= 0.6 is 68.9 Å². The molecule has 0 saturated carbocycles. The lowest BCUT2D eigenvalue weighted by molar-refractivity contribution is -0.153. The Morgan fingerprint density at radius 3 is 1.48 bits per heavy atom. The Hall–Kier alpha value is -7.89. The first-order valence-electron chi connectivity index (χ1n) is 27.8. The quantitative estimate of drug-likeness (QED) is 0.0158. The number of anilines is 4. The summed E-state index contributed by atoms with van der Waals surface area (Å²) in [4.78, 5) is 90.9. The van der Waals surface area contributed by atoms with Gasteiger partial charge in [-0.1, -0.05) is 155 Å². The highest BCUT2D eigenvalue weighted by atomic mass is 32.2. The van der Waals surface area contributed by atoms with Crippen molar-refractivity contribution in [2.24, 2.45) is 5.41 Å². The molecule has 88 heavy (non-hydrogen) atoms. The minimum atomic E-state index is -0.847. The maximum absolute atomic E-state index is 13.8. The molecule has 4 aromatic heterocycles. The standard InChI is InChI=1S/C60H64N12O10S6/c1-37(73)80-34-45(42-16-10-7-11-17-42)53(77)62-57-69-65-49(86-57)24-28-83-29-25-50-66-70-58(87-50)63-54(78)46(35-81-38(2)74)43-21-19-41(20-22-43)44-18-12-15-40(31-44)32-47(75)61-56-68-64-48(85-56)23-27-84-30-26-51-67-71-59(88-51)72(36-82-55(79)60(3,4)5)52(76)33-39-13-8-6-9-14-39/h6-22,31,45-46H,23-30,32-36H2,1-5H3,(H,61,68,75)(H,62,69,77)(H,63,70,78). The van der Waals surface area contributed by atoms with Crippen molar-refractivity contribution in [2.75, 3.05) is 63.8 Å². The Morgan fingerprint density at radius 1 is 0.500 bits per heavy atom. The predicted octanol–water partition coefficient (Wildman–Crippen LogP) is 9.67. The molecule has 460 valence electrons. The molecule has 4 aromatic carbocycles. The number of nitrogens with one attached hydrogen (secondary N) is 3. The molecular weight excluding hydrogens is 1240 g/mol. The molecule has 4 amide bonds. The summed E-state index contributed by atoms with van der Waals surface area (Å²) in [5.74, 6) is -1.28. The summed E-state index contributed by atoms with van der Waals surface area (Å²) in [6.07, 6.45) is 2.72. The molecule has 0 saturated heterocycles. The highest BCUT2D eigenvalue weighted by Gasteiger charge is 2.29. The lowest BCUT2D eigenvalue weighted by Crippen LogP contribution is -2.37. The summed E-state index contributed by atoms with van der Waals surface area (Å²) >= 11 is 8.55. The Bertz CT molecular complexity index is 3630. The molecule has 0 spiro atoms. The van der Waals surface area contributed by atoms with Crippen LogP contribution in [0.5, 0.6) is 0 Å². The van der Waals surface area contributed by atoms with Gasteiger partial charge in [-0.2, -0.15) is 23.5 Å². The Morgan fingerprint density at radius 2 is 0.966 bits per heavy atom. The number of carbonyl (C=O) groups excluding carboxylic acids is 7. The summed E-state index contributed by atoms with van der Waals surface area (Å²) < 4.78 is 16.0. The summed E-state index contributed by atoms with van der Waals surface area (Å²) in [5.41, 5.74) is 3.91. The van der Waals surface area contributed by atoms with Crippen molar-refractivity contribution in [1.82, 2.24) is 40.8 Å². The second kappa shape index (κ2) is 32.9. The molecule has 0 radical (unpaired) electrons. The predicted molar refractivity (Wildman–Crippen MR) is 344 cm³/mol. The van der Waals surface area contributed by atoms with Gasteiger partial charge in [-0.15, -0.1) is 40.8 Å². The monoisotopic (exact) mass is 1300 g/mol. The van der Waals surface area contributed by atoms with E-state index in [9.17, 15) is 33.6 Å². The number of amides is 4. The molecule has 0 aliphatic heterocycles. The minimum absolute atomic E-state index is 0.0945. The number of aromatic nitrogens is 8. The molecular formula is C60H64N12O10S6. The van der Waals surface area contributed by atoms with Gasteiger partial charge in [0.25, 0.3) is 0 Å². The van der Waals surface area contributed by atoms with E-state index < -0.39 is 41.1 Å². The van der Waals surface area contributed by atoms with Gasteiger partial charge >= 0.3 is 17.9 Å². The molecule has 2 atom stereocenters. The van der Waals surface area contributed by atoms with Crippen LogP contribution in [-0.4, -0.2) is 125 Å².